The van der Waals surface area contributed by atoms with E-state index in [9.17, 15) is 4.79 Å². The molecule has 0 spiro atoms. The Morgan fingerprint density at radius 1 is 0.913 bits per heavy atom. The van der Waals surface area contributed by atoms with Crippen molar-refractivity contribution < 1.29 is 4.79 Å². The molecule has 5 aliphatic rings. The van der Waals surface area contributed by atoms with E-state index in [0.717, 1.165) is 44.1 Å². The van der Waals surface area contributed by atoms with Crippen molar-refractivity contribution in [1.82, 2.24) is 0 Å². The molecule has 1 nitrogen and oxygen atoms in total. The molecule has 0 aliphatic heterocycles. The SMILES string of the molecule is C=CCC1(CC=C)C=C2CCc3ccc(cc3)CCC1=CC2=O. The van der Waals surface area contributed by atoms with Crippen molar-refractivity contribution in [2.75, 3.05) is 0 Å². The van der Waals surface area contributed by atoms with Crippen LogP contribution in [0.1, 0.15) is 36.8 Å². The Morgan fingerprint density at radius 3 is 2.04 bits per heavy atom. The van der Waals surface area contributed by atoms with E-state index >= 15 is 0 Å². The quantitative estimate of drug-likeness (QED) is 0.704. The lowest BCUT2D eigenvalue weighted by Gasteiger charge is -2.36. The average Bonchev–Trinajstić information content (AvgIpc) is 2.54. The molecule has 0 N–H and O–H groups in total. The number of carbonyl (C=O) groups excluding carboxylic acids is 1. The van der Waals surface area contributed by atoms with Gasteiger partial charge in [-0.15, -0.1) is 13.2 Å². The van der Waals surface area contributed by atoms with Crippen molar-refractivity contribution >= 4 is 5.78 Å². The molecule has 0 atom stereocenters. The fourth-order valence-electron chi connectivity index (χ4n) is 3.82. The molecule has 23 heavy (non-hydrogen) atoms. The van der Waals surface area contributed by atoms with E-state index in [-0.39, 0.29) is 11.2 Å². The standard InChI is InChI=1S/C22H24O/c1-3-13-22(14-4-2)16-19-11-9-17-5-7-18(8-6-17)10-12-20(22)15-21(19)23/h3-8,15-16H,1-2,9-14H2. The van der Waals surface area contributed by atoms with Crippen LogP contribution in [-0.2, 0) is 17.6 Å². The minimum atomic E-state index is -0.107. The number of benzene rings is 1. The summed E-state index contributed by atoms with van der Waals surface area (Å²) in [7, 11) is 0. The van der Waals surface area contributed by atoms with Gasteiger partial charge < -0.3 is 0 Å². The molecule has 0 radical (unpaired) electrons. The van der Waals surface area contributed by atoms with Gasteiger partial charge in [-0.2, -0.15) is 0 Å². The first-order valence-corrected chi connectivity index (χ1v) is 8.43. The number of aryl methyl sites for hydroxylation is 2. The van der Waals surface area contributed by atoms with Gasteiger partial charge in [0.2, 0.25) is 0 Å². The number of allylic oxidation sites excluding steroid dienone is 6. The first kappa shape index (κ1) is 15.7. The van der Waals surface area contributed by atoms with Crippen molar-refractivity contribution in [2.45, 2.75) is 38.5 Å². The molecule has 0 fully saturated rings. The first-order valence-electron chi connectivity index (χ1n) is 8.43. The summed E-state index contributed by atoms with van der Waals surface area (Å²) in [5.41, 5.74) is 4.71. The van der Waals surface area contributed by atoms with Gasteiger partial charge in [0.05, 0.1) is 0 Å². The van der Waals surface area contributed by atoms with E-state index in [0.29, 0.717) is 0 Å². The summed E-state index contributed by atoms with van der Waals surface area (Å²) < 4.78 is 0. The molecule has 1 aromatic rings. The summed E-state index contributed by atoms with van der Waals surface area (Å²) in [6, 6.07) is 8.85. The minimum absolute atomic E-state index is 0.107. The van der Waals surface area contributed by atoms with Crippen molar-refractivity contribution in [3.63, 3.8) is 0 Å². The van der Waals surface area contributed by atoms with Crippen LogP contribution in [0, 0.1) is 5.41 Å². The number of ketones is 1. The van der Waals surface area contributed by atoms with Crippen LogP contribution in [0.3, 0.4) is 0 Å². The van der Waals surface area contributed by atoms with Gasteiger partial charge in [0.1, 0.15) is 0 Å². The summed E-state index contributed by atoms with van der Waals surface area (Å²) in [4.78, 5) is 12.5. The monoisotopic (exact) mass is 304 g/mol. The van der Waals surface area contributed by atoms with Gasteiger partial charge in [-0.25, -0.2) is 0 Å². The lowest BCUT2D eigenvalue weighted by Crippen LogP contribution is -2.27. The van der Waals surface area contributed by atoms with Crippen LogP contribution in [-0.4, -0.2) is 5.78 Å². The lowest BCUT2D eigenvalue weighted by atomic mass is 9.67. The Labute approximate surface area is 139 Å². The van der Waals surface area contributed by atoms with Crippen molar-refractivity contribution in [2.24, 2.45) is 5.41 Å². The second-order valence-corrected chi connectivity index (χ2v) is 6.66. The molecular formula is C22H24O. The summed E-state index contributed by atoms with van der Waals surface area (Å²) in [6.45, 7) is 7.89. The molecule has 1 heteroatoms. The fourth-order valence-corrected chi connectivity index (χ4v) is 3.82. The van der Waals surface area contributed by atoms with Crippen molar-refractivity contribution in [3.8, 4) is 0 Å². The maximum Gasteiger partial charge on any atom is 0.181 e. The Hall–Kier alpha value is -2.15. The summed E-state index contributed by atoms with van der Waals surface area (Å²) in [6.07, 6.45) is 13.4. The number of hydrogen-bond acceptors (Lipinski definition) is 1. The van der Waals surface area contributed by atoms with Crippen LogP contribution < -0.4 is 0 Å². The molecule has 1 aromatic carbocycles. The fraction of sp³-hybridized carbons (Fsp3) is 0.318. The van der Waals surface area contributed by atoms with Gasteiger partial charge >= 0.3 is 0 Å². The highest BCUT2D eigenvalue weighted by atomic mass is 16.1. The largest absolute Gasteiger partial charge is 0.290 e. The van der Waals surface area contributed by atoms with Gasteiger partial charge in [0.25, 0.3) is 0 Å². The topological polar surface area (TPSA) is 17.1 Å². The molecule has 0 amide bonds. The highest BCUT2D eigenvalue weighted by molar-refractivity contribution is 6.05. The smallest absolute Gasteiger partial charge is 0.181 e. The Bertz CT molecular complexity index is 675. The van der Waals surface area contributed by atoms with Crippen LogP contribution in [0.2, 0.25) is 0 Å². The molecule has 0 heterocycles. The normalized spacial score (nSPS) is 19.4. The molecule has 0 saturated heterocycles. The highest BCUT2D eigenvalue weighted by Crippen LogP contribution is 2.44. The van der Waals surface area contributed by atoms with Gasteiger partial charge in [-0.3, -0.25) is 4.79 Å². The average molecular weight is 304 g/mol. The lowest BCUT2D eigenvalue weighted by molar-refractivity contribution is -0.111. The first-order chi connectivity index (χ1) is 11.2. The minimum Gasteiger partial charge on any atom is -0.290 e. The Balaban J connectivity index is 2.06. The van der Waals surface area contributed by atoms with E-state index in [1.165, 1.54) is 16.7 Å². The predicted molar refractivity (Wildman–Crippen MR) is 96.3 cm³/mol. The zero-order valence-corrected chi connectivity index (χ0v) is 13.7. The highest BCUT2D eigenvalue weighted by Gasteiger charge is 2.34. The van der Waals surface area contributed by atoms with Crippen molar-refractivity contribution in [1.29, 1.82) is 0 Å². The molecule has 0 aromatic heterocycles. The maximum absolute atomic E-state index is 12.5. The third kappa shape index (κ3) is 3.14. The van der Waals surface area contributed by atoms with Gasteiger partial charge in [-0.1, -0.05) is 48.1 Å². The summed E-state index contributed by atoms with van der Waals surface area (Å²) in [5, 5.41) is 0. The van der Waals surface area contributed by atoms with E-state index in [1.807, 2.05) is 18.2 Å². The van der Waals surface area contributed by atoms with E-state index in [4.69, 9.17) is 0 Å². The van der Waals surface area contributed by atoms with Gasteiger partial charge in [0.15, 0.2) is 5.78 Å². The molecule has 0 saturated carbocycles. The van der Waals surface area contributed by atoms with Crippen LogP contribution in [0.4, 0.5) is 0 Å². The molecule has 5 aliphatic carbocycles. The number of hydrogen-bond donors (Lipinski definition) is 0. The zero-order chi connectivity index (χ0) is 16.3. The van der Waals surface area contributed by atoms with Crippen LogP contribution in [0.15, 0.2) is 72.9 Å². The number of rotatable bonds is 4. The van der Waals surface area contributed by atoms with E-state index < -0.39 is 0 Å². The summed E-state index contributed by atoms with van der Waals surface area (Å²) in [5.74, 6) is 0.193. The summed E-state index contributed by atoms with van der Waals surface area (Å²) >= 11 is 0. The maximum atomic E-state index is 12.5. The Kier molecular flexibility index (Phi) is 4.47. The molecule has 0 unspecified atom stereocenters. The molecule has 4 bridgehead atoms. The van der Waals surface area contributed by atoms with E-state index in [1.54, 1.807) is 0 Å². The molecule has 6 rings (SSSR count). The van der Waals surface area contributed by atoms with Crippen LogP contribution >= 0.6 is 0 Å². The van der Waals surface area contributed by atoms with E-state index in [2.05, 4.69) is 43.5 Å². The second kappa shape index (κ2) is 6.54. The Morgan fingerprint density at radius 2 is 1.48 bits per heavy atom. The molecular weight excluding hydrogens is 280 g/mol. The van der Waals surface area contributed by atoms with Gasteiger partial charge in [0, 0.05) is 5.41 Å². The van der Waals surface area contributed by atoms with Crippen molar-refractivity contribution in [3.05, 3.63) is 84.0 Å². The zero-order valence-electron chi connectivity index (χ0n) is 13.7. The van der Waals surface area contributed by atoms with Crippen LogP contribution in [0.5, 0.6) is 0 Å². The third-order valence-electron chi connectivity index (χ3n) is 5.12. The molecule has 118 valence electrons. The predicted octanol–water partition coefficient (Wildman–Crippen LogP) is 5.14. The second-order valence-electron chi connectivity index (χ2n) is 6.66. The van der Waals surface area contributed by atoms with Crippen LogP contribution in [0.25, 0.3) is 0 Å². The number of carbonyl (C=O) groups is 1. The van der Waals surface area contributed by atoms with Gasteiger partial charge in [-0.05, 0) is 61.3 Å². The third-order valence-corrected chi connectivity index (χ3v) is 5.12.